The van der Waals surface area contributed by atoms with E-state index in [2.05, 4.69) is 4.98 Å². The highest BCUT2D eigenvalue weighted by molar-refractivity contribution is 7.71. The molecule has 0 aliphatic rings. The van der Waals surface area contributed by atoms with Gasteiger partial charge in [-0.3, -0.25) is 9.36 Å². The fraction of sp³-hybridized carbons (Fsp3) is 0.429. The molecule has 0 fully saturated rings. The summed E-state index contributed by atoms with van der Waals surface area (Å²) in [5.74, 6) is 0. The number of hydrogen-bond donors (Lipinski definition) is 1. The highest BCUT2D eigenvalue weighted by Crippen LogP contribution is 2.14. The van der Waals surface area contributed by atoms with Crippen LogP contribution in [-0.4, -0.2) is 22.3 Å². The number of H-pyrrole nitrogens is 1. The van der Waals surface area contributed by atoms with Crippen molar-refractivity contribution in [1.82, 2.24) is 9.55 Å². The van der Waals surface area contributed by atoms with Gasteiger partial charge in [-0.05, 0) is 50.7 Å². The molecule has 0 unspecified atom stereocenters. The normalized spacial score (nSPS) is 11.4. The first kappa shape index (κ1) is 15.2. The number of nitrogens with one attached hydrogen (secondary N) is 1. The number of ether oxygens (including phenoxy) is 1. The molecule has 0 saturated heterocycles. The summed E-state index contributed by atoms with van der Waals surface area (Å²) in [6.07, 6.45) is 0.939. The quantitative estimate of drug-likeness (QED) is 0.678. The Kier molecular flexibility index (Phi) is 4.96. The number of rotatable bonds is 5. The number of aromatic amines is 1. The molecule has 0 atom stereocenters. The summed E-state index contributed by atoms with van der Waals surface area (Å²) >= 11 is 11.2. The van der Waals surface area contributed by atoms with Gasteiger partial charge in [0.05, 0.1) is 17.0 Å². The zero-order valence-electron chi connectivity index (χ0n) is 11.5. The Balaban J connectivity index is 2.28. The molecule has 4 nitrogen and oxygen atoms in total. The number of hydrogen-bond acceptors (Lipinski definition) is 3. The van der Waals surface area contributed by atoms with E-state index in [4.69, 9.17) is 28.6 Å². The van der Waals surface area contributed by atoms with Gasteiger partial charge in [0.1, 0.15) is 0 Å². The molecule has 0 radical (unpaired) electrons. The third-order valence-electron chi connectivity index (χ3n) is 2.92. The van der Waals surface area contributed by atoms with Crippen LogP contribution < -0.4 is 5.56 Å². The molecular weight excluding hydrogens is 296 g/mol. The van der Waals surface area contributed by atoms with Crippen LogP contribution in [0.1, 0.15) is 20.3 Å². The van der Waals surface area contributed by atoms with E-state index in [1.54, 1.807) is 22.8 Å². The van der Waals surface area contributed by atoms with E-state index in [1.807, 2.05) is 13.8 Å². The Labute approximate surface area is 127 Å². The molecular formula is C14H17ClN2O2S. The van der Waals surface area contributed by atoms with Crippen LogP contribution in [-0.2, 0) is 11.3 Å². The smallest absolute Gasteiger partial charge is 0.262 e. The molecule has 0 saturated carbocycles. The lowest BCUT2D eigenvalue weighted by Gasteiger charge is -2.10. The lowest BCUT2D eigenvalue weighted by molar-refractivity contribution is 0.0746. The first-order chi connectivity index (χ1) is 9.49. The monoisotopic (exact) mass is 312 g/mol. The van der Waals surface area contributed by atoms with Crippen LogP contribution in [0.2, 0.25) is 5.02 Å². The largest absolute Gasteiger partial charge is 0.379 e. The second-order valence-electron chi connectivity index (χ2n) is 4.85. The Bertz CT molecular complexity index is 721. The maximum absolute atomic E-state index is 12.4. The number of aromatic nitrogens is 2. The lowest BCUT2D eigenvalue weighted by atomic mass is 10.2. The van der Waals surface area contributed by atoms with Crippen molar-refractivity contribution < 1.29 is 4.74 Å². The van der Waals surface area contributed by atoms with Gasteiger partial charge >= 0.3 is 0 Å². The van der Waals surface area contributed by atoms with Gasteiger partial charge in [-0.25, -0.2) is 0 Å². The standard InChI is InChI=1S/C14H17ClN2O2S/c1-9(2)19-7-3-6-17-13(18)11-5-4-10(15)8-12(11)16-14(17)20/h4-5,8-9H,3,6-7H2,1-2H3,(H,16,20). The van der Waals surface area contributed by atoms with Gasteiger partial charge in [-0.15, -0.1) is 0 Å². The van der Waals surface area contributed by atoms with Crippen molar-refractivity contribution >= 4 is 34.7 Å². The highest BCUT2D eigenvalue weighted by Gasteiger charge is 2.06. The second-order valence-corrected chi connectivity index (χ2v) is 5.67. The first-order valence-electron chi connectivity index (χ1n) is 6.53. The maximum Gasteiger partial charge on any atom is 0.262 e. The summed E-state index contributed by atoms with van der Waals surface area (Å²) in [6, 6.07) is 5.13. The summed E-state index contributed by atoms with van der Waals surface area (Å²) in [5, 5.41) is 1.17. The van der Waals surface area contributed by atoms with Crippen molar-refractivity contribution in [3.05, 3.63) is 38.3 Å². The fourth-order valence-corrected chi connectivity index (χ4v) is 2.43. The van der Waals surface area contributed by atoms with E-state index >= 15 is 0 Å². The van der Waals surface area contributed by atoms with Crippen molar-refractivity contribution in [2.45, 2.75) is 32.9 Å². The third-order valence-corrected chi connectivity index (χ3v) is 3.48. The Morgan fingerprint density at radius 1 is 1.45 bits per heavy atom. The van der Waals surface area contributed by atoms with Gasteiger partial charge in [-0.2, -0.15) is 0 Å². The van der Waals surface area contributed by atoms with Crippen LogP contribution in [0.25, 0.3) is 10.9 Å². The number of nitrogens with zero attached hydrogens (tertiary/aromatic N) is 1. The number of fused-ring (bicyclic) bond motifs is 1. The van der Waals surface area contributed by atoms with Gasteiger partial charge in [-0.1, -0.05) is 11.6 Å². The van der Waals surface area contributed by atoms with Crippen molar-refractivity contribution in [2.75, 3.05) is 6.61 Å². The first-order valence-corrected chi connectivity index (χ1v) is 7.31. The molecule has 0 amide bonds. The van der Waals surface area contributed by atoms with Crippen molar-refractivity contribution in [3.63, 3.8) is 0 Å². The lowest BCUT2D eigenvalue weighted by Crippen LogP contribution is -2.23. The van der Waals surface area contributed by atoms with E-state index in [0.29, 0.717) is 33.8 Å². The van der Waals surface area contributed by atoms with E-state index in [9.17, 15) is 4.79 Å². The molecule has 0 bridgehead atoms. The minimum atomic E-state index is -0.0926. The number of benzene rings is 1. The molecule has 20 heavy (non-hydrogen) atoms. The van der Waals surface area contributed by atoms with Crippen LogP contribution >= 0.6 is 23.8 Å². The average Bonchev–Trinajstić information content (AvgIpc) is 2.36. The Hall–Kier alpha value is -1.17. The molecule has 108 valence electrons. The van der Waals surface area contributed by atoms with Gasteiger partial charge in [0, 0.05) is 18.2 Å². The molecule has 1 aromatic heterocycles. The van der Waals surface area contributed by atoms with Crippen molar-refractivity contribution in [2.24, 2.45) is 0 Å². The summed E-state index contributed by atoms with van der Waals surface area (Å²) in [5.41, 5.74) is 0.576. The molecule has 6 heteroatoms. The Morgan fingerprint density at radius 2 is 2.20 bits per heavy atom. The zero-order chi connectivity index (χ0) is 14.7. The van der Waals surface area contributed by atoms with Crippen LogP contribution in [0.3, 0.4) is 0 Å². The zero-order valence-corrected chi connectivity index (χ0v) is 13.1. The molecule has 0 aliphatic heterocycles. The molecule has 1 N–H and O–H groups in total. The highest BCUT2D eigenvalue weighted by atomic mass is 35.5. The molecule has 1 aromatic carbocycles. The predicted octanol–water partition coefficient (Wildman–Crippen LogP) is 3.53. The van der Waals surface area contributed by atoms with E-state index in [-0.39, 0.29) is 11.7 Å². The molecule has 0 aliphatic carbocycles. The molecule has 2 aromatic rings. The van der Waals surface area contributed by atoms with Crippen molar-refractivity contribution in [1.29, 1.82) is 0 Å². The fourth-order valence-electron chi connectivity index (χ4n) is 1.97. The Morgan fingerprint density at radius 3 is 2.90 bits per heavy atom. The van der Waals surface area contributed by atoms with Crippen LogP contribution in [0.15, 0.2) is 23.0 Å². The molecule has 1 heterocycles. The molecule has 0 spiro atoms. The summed E-state index contributed by atoms with van der Waals surface area (Å²) < 4.78 is 7.45. The SMILES string of the molecule is CC(C)OCCCn1c(=S)[nH]c2cc(Cl)ccc2c1=O. The second kappa shape index (κ2) is 6.52. The van der Waals surface area contributed by atoms with Crippen LogP contribution in [0.4, 0.5) is 0 Å². The summed E-state index contributed by atoms with van der Waals surface area (Å²) in [7, 11) is 0. The van der Waals surface area contributed by atoms with E-state index < -0.39 is 0 Å². The third kappa shape index (κ3) is 3.48. The average molecular weight is 313 g/mol. The van der Waals surface area contributed by atoms with E-state index in [1.165, 1.54) is 0 Å². The molecule has 2 rings (SSSR count). The predicted molar refractivity (Wildman–Crippen MR) is 84.1 cm³/mol. The van der Waals surface area contributed by atoms with Crippen LogP contribution in [0, 0.1) is 4.77 Å². The van der Waals surface area contributed by atoms with Gasteiger partial charge in [0.15, 0.2) is 4.77 Å². The summed E-state index contributed by atoms with van der Waals surface area (Å²) in [4.78, 5) is 15.4. The van der Waals surface area contributed by atoms with Gasteiger partial charge in [0.25, 0.3) is 5.56 Å². The topological polar surface area (TPSA) is 47.0 Å². The van der Waals surface area contributed by atoms with Gasteiger partial charge < -0.3 is 9.72 Å². The van der Waals surface area contributed by atoms with Gasteiger partial charge in [0.2, 0.25) is 0 Å². The van der Waals surface area contributed by atoms with Crippen LogP contribution in [0.5, 0.6) is 0 Å². The van der Waals surface area contributed by atoms with Crippen molar-refractivity contribution in [3.8, 4) is 0 Å². The number of halogens is 1. The minimum absolute atomic E-state index is 0.0926. The minimum Gasteiger partial charge on any atom is -0.379 e. The maximum atomic E-state index is 12.4. The summed E-state index contributed by atoms with van der Waals surface area (Å²) in [6.45, 7) is 5.12. The van der Waals surface area contributed by atoms with E-state index in [0.717, 1.165) is 6.42 Å².